The normalized spacial score (nSPS) is 13.4. The van der Waals surface area contributed by atoms with Crippen molar-refractivity contribution in [1.29, 1.82) is 0 Å². The highest BCUT2D eigenvalue weighted by Crippen LogP contribution is 2.51. The van der Waals surface area contributed by atoms with E-state index in [0.29, 0.717) is 0 Å². The van der Waals surface area contributed by atoms with Gasteiger partial charge in [-0.1, -0.05) is 105 Å². The zero-order chi connectivity index (χ0) is 41.0. The lowest BCUT2D eigenvalue weighted by Gasteiger charge is -2.22. The zero-order valence-electron chi connectivity index (χ0n) is 34.6. The van der Waals surface area contributed by atoms with Crippen molar-refractivity contribution in [3.63, 3.8) is 0 Å². The fourth-order valence-electron chi connectivity index (χ4n) is 9.63. The topological polar surface area (TPSA) is 38.5 Å². The molecular weight excluding hydrogens is 747 g/mol. The largest absolute Gasteiger partial charge is 0.457 e. The molecule has 7 aromatic carbocycles. The Labute approximate surface area is 354 Å². The first-order valence-corrected chi connectivity index (χ1v) is 21.1. The molecule has 3 aromatic heterocycles. The third-order valence-electron chi connectivity index (χ3n) is 12.6. The minimum Gasteiger partial charge on any atom is -0.457 e. The van der Waals surface area contributed by atoms with E-state index < -0.39 is 0 Å². The summed E-state index contributed by atoms with van der Waals surface area (Å²) in [5.41, 5.74) is 15.3. The Morgan fingerprint density at radius 3 is 2.13 bits per heavy atom. The van der Waals surface area contributed by atoms with Gasteiger partial charge in [-0.2, -0.15) is 0 Å². The number of benzene rings is 7. The number of nitrogens with zero attached hydrogens (tertiary/aromatic N) is 5. The molecule has 6 nitrogen and oxygen atoms in total. The molecule has 0 N–H and O–H groups in total. The lowest BCUT2D eigenvalue weighted by molar-refractivity contribution is 0.483. The van der Waals surface area contributed by atoms with Gasteiger partial charge in [0.05, 0.1) is 34.4 Å². The highest BCUT2D eigenvalue weighted by Gasteiger charge is 2.29. The van der Waals surface area contributed by atoms with Gasteiger partial charge >= 0.3 is 0 Å². The second-order valence-electron chi connectivity index (χ2n) is 17.4. The molecule has 61 heavy (non-hydrogen) atoms. The number of ether oxygens (including phenoxy) is 1. The van der Waals surface area contributed by atoms with E-state index in [4.69, 9.17) is 9.72 Å². The van der Waals surface area contributed by atoms with Crippen molar-refractivity contribution in [2.75, 3.05) is 16.5 Å². The van der Waals surface area contributed by atoms with E-state index in [1.54, 1.807) is 0 Å². The van der Waals surface area contributed by atoms with Gasteiger partial charge in [0, 0.05) is 74.8 Å². The van der Waals surface area contributed by atoms with Crippen molar-refractivity contribution >= 4 is 55.0 Å². The molecule has 0 atom stereocenters. The third kappa shape index (κ3) is 5.52. The first-order chi connectivity index (χ1) is 29.8. The predicted molar refractivity (Wildman–Crippen MR) is 253 cm³/mol. The summed E-state index contributed by atoms with van der Waals surface area (Å²) in [5.74, 6) is 2.42. The van der Waals surface area contributed by atoms with Crippen molar-refractivity contribution in [3.05, 3.63) is 187 Å². The van der Waals surface area contributed by atoms with Gasteiger partial charge in [0.2, 0.25) is 0 Å². The molecule has 0 bridgehead atoms. The molecule has 5 heterocycles. The lowest BCUT2D eigenvalue weighted by Crippen LogP contribution is -2.24. The van der Waals surface area contributed by atoms with Crippen LogP contribution in [0, 0.1) is 6.92 Å². The number of fused-ring (bicyclic) bond motifs is 12. The molecule has 2 aliphatic rings. The van der Waals surface area contributed by atoms with Crippen LogP contribution in [0.4, 0.5) is 11.4 Å². The molecule has 0 aliphatic carbocycles. The molecule has 0 unspecified atom stereocenters. The monoisotopic (exact) mass is 789 g/mol. The van der Waals surface area contributed by atoms with E-state index in [-0.39, 0.29) is 5.41 Å². The quantitative estimate of drug-likeness (QED) is 0.174. The summed E-state index contributed by atoms with van der Waals surface area (Å²) in [5, 5.41) is 4.85. The number of aryl methyl sites for hydroxylation is 1. The van der Waals surface area contributed by atoms with Crippen molar-refractivity contribution < 1.29 is 4.74 Å². The van der Waals surface area contributed by atoms with Crippen molar-refractivity contribution in [2.24, 2.45) is 0 Å². The number of pyridine rings is 1. The first kappa shape index (κ1) is 35.4. The van der Waals surface area contributed by atoms with Gasteiger partial charge in [0.25, 0.3) is 0 Å². The number of hydrogen-bond donors (Lipinski definition) is 0. The molecule has 10 aromatic rings. The SMILES string of the molecule is Cc1ccc(N2C=CN(c3cccc(Oc4ccc5c6c7c(ccc6n(-c6cc(C(C)(C)C)ccn6)c5c4)-n4c5ccccc5c5cccc(c54)-c4ccccc4-7)c3)C2)cc1. The highest BCUT2D eigenvalue weighted by molar-refractivity contribution is 6.22. The van der Waals surface area contributed by atoms with E-state index in [0.717, 1.165) is 46.1 Å². The Balaban J connectivity index is 1.05. The van der Waals surface area contributed by atoms with Crippen LogP contribution < -0.4 is 14.5 Å². The average Bonchev–Trinajstić information content (AvgIpc) is 3.97. The van der Waals surface area contributed by atoms with Crippen LogP contribution in [0.5, 0.6) is 11.5 Å². The van der Waals surface area contributed by atoms with Crippen molar-refractivity contribution in [3.8, 4) is 45.3 Å². The van der Waals surface area contributed by atoms with E-state index in [1.807, 2.05) is 12.3 Å². The van der Waals surface area contributed by atoms with Crippen LogP contribution in [0.3, 0.4) is 0 Å². The van der Waals surface area contributed by atoms with Gasteiger partial charge in [-0.3, -0.25) is 4.57 Å². The summed E-state index contributed by atoms with van der Waals surface area (Å²) >= 11 is 0. The Hall–Kier alpha value is -7.57. The Morgan fingerprint density at radius 2 is 1.28 bits per heavy atom. The van der Waals surface area contributed by atoms with Gasteiger partial charge in [-0.15, -0.1) is 0 Å². The number of aromatic nitrogens is 3. The lowest BCUT2D eigenvalue weighted by atomic mass is 9.88. The first-order valence-electron chi connectivity index (χ1n) is 21.1. The fourth-order valence-corrected chi connectivity index (χ4v) is 9.63. The van der Waals surface area contributed by atoms with Crippen LogP contribution in [0.2, 0.25) is 0 Å². The molecule has 294 valence electrons. The summed E-state index contributed by atoms with van der Waals surface area (Å²) in [4.78, 5) is 9.56. The van der Waals surface area contributed by atoms with Gasteiger partial charge < -0.3 is 19.1 Å². The molecule has 12 rings (SSSR count). The molecule has 0 fully saturated rings. The third-order valence-corrected chi connectivity index (χ3v) is 12.6. The molecule has 6 heteroatoms. The maximum absolute atomic E-state index is 6.78. The molecular formula is C55H43N5O. The zero-order valence-corrected chi connectivity index (χ0v) is 34.6. The van der Waals surface area contributed by atoms with E-state index >= 15 is 0 Å². The van der Waals surface area contributed by atoms with E-state index in [2.05, 4.69) is 211 Å². The molecule has 2 aliphatic heterocycles. The highest BCUT2D eigenvalue weighted by atomic mass is 16.5. The van der Waals surface area contributed by atoms with Gasteiger partial charge in [0.15, 0.2) is 0 Å². The Bertz CT molecular complexity index is 3440. The summed E-state index contributed by atoms with van der Waals surface area (Å²) in [6.45, 7) is 9.61. The van der Waals surface area contributed by atoms with E-state index in [9.17, 15) is 0 Å². The van der Waals surface area contributed by atoms with Crippen LogP contribution >= 0.6 is 0 Å². The van der Waals surface area contributed by atoms with Crippen LogP contribution in [0.15, 0.2) is 176 Å². The number of para-hydroxylation sites is 2. The van der Waals surface area contributed by atoms with Crippen molar-refractivity contribution in [2.45, 2.75) is 33.1 Å². The summed E-state index contributed by atoms with van der Waals surface area (Å²) in [7, 11) is 0. The molecule has 0 saturated carbocycles. The maximum Gasteiger partial charge on any atom is 0.137 e. The summed E-state index contributed by atoms with van der Waals surface area (Å²) in [6.07, 6.45) is 6.21. The van der Waals surface area contributed by atoms with Gasteiger partial charge in [-0.05, 0) is 95.8 Å². The fraction of sp³-hybridized carbons (Fsp3) is 0.109. The van der Waals surface area contributed by atoms with Crippen LogP contribution in [-0.2, 0) is 5.41 Å². The van der Waals surface area contributed by atoms with Gasteiger partial charge in [0.1, 0.15) is 17.3 Å². The number of anilines is 2. The Morgan fingerprint density at radius 1 is 0.541 bits per heavy atom. The predicted octanol–water partition coefficient (Wildman–Crippen LogP) is 14.1. The standard InChI is InChI=1S/C55H43N5O/c1-35-19-21-37(22-20-35)57-29-30-58(34-57)38-11-9-12-39(32-38)61-40-23-24-46-50(33-40)59(51-31-36(27-28-56-51)55(2,3)4)48-25-26-49-52(53(46)48)43-15-6-5-13-41(43)44-16-10-17-45-42-14-7-8-18-47(42)60(49)54(44)45/h5-33H,34H2,1-4H3. The second-order valence-corrected chi connectivity index (χ2v) is 17.4. The molecule has 0 saturated heterocycles. The smallest absolute Gasteiger partial charge is 0.137 e. The molecule has 0 radical (unpaired) electrons. The van der Waals surface area contributed by atoms with Crippen LogP contribution in [0.25, 0.3) is 77.4 Å². The van der Waals surface area contributed by atoms with Crippen molar-refractivity contribution in [1.82, 2.24) is 14.1 Å². The summed E-state index contributed by atoms with van der Waals surface area (Å²) in [6, 6.07) is 57.0. The second kappa shape index (κ2) is 13.2. The minimum absolute atomic E-state index is 0.0555. The van der Waals surface area contributed by atoms with Crippen LogP contribution in [-0.4, -0.2) is 20.8 Å². The molecule has 0 amide bonds. The van der Waals surface area contributed by atoms with E-state index in [1.165, 1.54) is 71.9 Å². The minimum atomic E-state index is -0.0555. The number of rotatable bonds is 5. The average molecular weight is 790 g/mol. The number of hydrogen-bond acceptors (Lipinski definition) is 4. The van der Waals surface area contributed by atoms with Gasteiger partial charge in [-0.25, -0.2) is 4.98 Å². The maximum atomic E-state index is 6.78. The molecule has 0 spiro atoms. The van der Waals surface area contributed by atoms with Crippen LogP contribution in [0.1, 0.15) is 31.9 Å². The Kier molecular flexibility index (Phi) is 7.67. The summed E-state index contributed by atoms with van der Waals surface area (Å²) < 4.78 is 11.6.